The molecule has 1 aliphatic rings. The zero-order chi connectivity index (χ0) is 12.1. The number of aromatic nitrogens is 1. The predicted molar refractivity (Wildman–Crippen MR) is 72.5 cm³/mol. The highest BCUT2D eigenvalue weighted by Gasteiger charge is 2.30. The number of hydrogen-bond donors (Lipinski definition) is 0. The third-order valence-electron chi connectivity index (χ3n) is 3.28. The molecule has 0 bridgehead atoms. The number of thiophene rings is 1. The Labute approximate surface area is 108 Å². The third kappa shape index (κ3) is 1.14. The number of rotatable bonds is 1. The summed E-state index contributed by atoms with van der Waals surface area (Å²) in [4.78, 5) is 13.0. The van der Waals surface area contributed by atoms with Gasteiger partial charge in [0.05, 0.1) is 11.4 Å². The van der Waals surface area contributed by atoms with E-state index >= 15 is 0 Å². The normalized spacial score (nSPS) is 12.6. The average Bonchev–Trinajstić information content (AvgIpc) is 3.08. The van der Waals surface area contributed by atoms with E-state index in [9.17, 15) is 4.79 Å². The van der Waals surface area contributed by atoms with Crippen molar-refractivity contribution in [1.29, 1.82) is 0 Å². The van der Waals surface area contributed by atoms with Gasteiger partial charge >= 0.3 is 0 Å². The van der Waals surface area contributed by atoms with Crippen LogP contribution in [0.3, 0.4) is 0 Å². The van der Waals surface area contributed by atoms with Gasteiger partial charge in [-0.3, -0.25) is 4.79 Å². The van der Waals surface area contributed by atoms with Crippen molar-refractivity contribution in [2.24, 2.45) is 0 Å². The van der Waals surface area contributed by atoms with Gasteiger partial charge in [-0.15, -0.1) is 11.3 Å². The molecule has 3 heterocycles. The first-order valence-corrected chi connectivity index (χ1v) is 6.63. The Morgan fingerprint density at radius 1 is 1.00 bits per heavy atom. The Balaban J connectivity index is 2.03. The van der Waals surface area contributed by atoms with Gasteiger partial charge in [0.25, 0.3) is 0 Å². The van der Waals surface area contributed by atoms with E-state index in [-0.39, 0.29) is 5.78 Å². The van der Waals surface area contributed by atoms with E-state index in [1.807, 2.05) is 41.1 Å². The Hall–Kier alpha value is -2.13. The molecule has 0 saturated carbocycles. The smallest absolute Gasteiger partial charge is 0.221 e. The number of benzene rings is 1. The number of carbonyl (C=O) groups excluding carboxylic acids is 1. The zero-order valence-corrected chi connectivity index (χ0v) is 10.3. The SMILES string of the molecule is O=C1c2scc(-c3ccccc3)c2-n2cccc21. The lowest BCUT2D eigenvalue weighted by Gasteiger charge is -2.04. The summed E-state index contributed by atoms with van der Waals surface area (Å²) in [6, 6.07) is 14.0. The molecular weight excluding hydrogens is 242 g/mol. The maximum absolute atomic E-state index is 12.2. The van der Waals surface area contributed by atoms with E-state index in [2.05, 4.69) is 17.5 Å². The summed E-state index contributed by atoms with van der Waals surface area (Å²) in [6.45, 7) is 0. The van der Waals surface area contributed by atoms with Crippen LogP contribution in [0, 0.1) is 0 Å². The van der Waals surface area contributed by atoms with Gasteiger partial charge < -0.3 is 4.57 Å². The molecule has 0 saturated heterocycles. The molecule has 1 aromatic carbocycles. The van der Waals surface area contributed by atoms with Crippen LogP contribution in [0.15, 0.2) is 54.0 Å². The lowest BCUT2D eigenvalue weighted by Crippen LogP contribution is -1.94. The van der Waals surface area contributed by atoms with Crippen LogP contribution in [0.2, 0.25) is 0 Å². The molecule has 3 heteroatoms. The van der Waals surface area contributed by atoms with Crippen LogP contribution in [-0.4, -0.2) is 10.4 Å². The molecular formula is C15H9NOS. The van der Waals surface area contributed by atoms with Crippen LogP contribution >= 0.6 is 11.3 Å². The fourth-order valence-corrected chi connectivity index (χ4v) is 3.47. The maximum Gasteiger partial charge on any atom is 0.221 e. The summed E-state index contributed by atoms with van der Waals surface area (Å²) in [7, 11) is 0. The van der Waals surface area contributed by atoms with E-state index in [0.717, 1.165) is 27.4 Å². The molecule has 3 aromatic rings. The van der Waals surface area contributed by atoms with Crippen molar-refractivity contribution < 1.29 is 4.79 Å². The fourth-order valence-electron chi connectivity index (χ4n) is 2.45. The second-order valence-corrected chi connectivity index (χ2v) is 5.17. The van der Waals surface area contributed by atoms with Gasteiger partial charge in [0.15, 0.2) is 0 Å². The fraction of sp³-hybridized carbons (Fsp3) is 0. The van der Waals surface area contributed by atoms with Crippen molar-refractivity contribution in [3.05, 3.63) is 64.6 Å². The second kappa shape index (κ2) is 3.43. The van der Waals surface area contributed by atoms with Crippen molar-refractivity contribution >= 4 is 17.1 Å². The number of ketones is 1. The molecule has 0 fully saturated rings. The molecule has 0 radical (unpaired) electrons. The van der Waals surface area contributed by atoms with E-state index in [0.29, 0.717) is 0 Å². The molecule has 0 amide bonds. The van der Waals surface area contributed by atoms with Crippen molar-refractivity contribution in [2.45, 2.75) is 0 Å². The molecule has 2 nitrogen and oxygen atoms in total. The second-order valence-electron chi connectivity index (χ2n) is 4.29. The van der Waals surface area contributed by atoms with Crippen LogP contribution in [0.4, 0.5) is 0 Å². The van der Waals surface area contributed by atoms with Gasteiger partial charge in [0.1, 0.15) is 4.88 Å². The molecule has 0 unspecified atom stereocenters. The Bertz CT molecular complexity index is 752. The standard InChI is InChI=1S/C15H9NOS/c17-14-12-7-4-8-16(12)13-11(9-18-15(13)14)10-5-2-1-3-6-10/h1-9H. The molecule has 0 N–H and O–H groups in total. The minimum atomic E-state index is 0.141. The summed E-state index contributed by atoms with van der Waals surface area (Å²) in [5, 5.41) is 2.07. The van der Waals surface area contributed by atoms with Gasteiger partial charge in [0.2, 0.25) is 5.78 Å². The quantitative estimate of drug-likeness (QED) is 0.505. The Morgan fingerprint density at radius 3 is 2.67 bits per heavy atom. The van der Waals surface area contributed by atoms with E-state index in [4.69, 9.17) is 0 Å². The first-order valence-electron chi connectivity index (χ1n) is 5.75. The van der Waals surface area contributed by atoms with Gasteiger partial charge in [-0.2, -0.15) is 0 Å². The van der Waals surface area contributed by atoms with Crippen molar-refractivity contribution in [2.75, 3.05) is 0 Å². The highest BCUT2D eigenvalue weighted by molar-refractivity contribution is 7.13. The Morgan fingerprint density at radius 2 is 1.83 bits per heavy atom. The molecule has 0 atom stereocenters. The average molecular weight is 251 g/mol. The van der Waals surface area contributed by atoms with Gasteiger partial charge in [-0.25, -0.2) is 0 Å². The highest BCUT2D eigenvalue weighted by atomic mass is 32.1. The van der Waals surface area contributed by atoms with Gasteiger partial charge in [-0.1, -0.05) is 30.3 Å². The summed E-state index contributed by atoms with van der Waals surface area (Å²) in [6.07, 6.45) is 1.96. The monoisotopic (exact) mass is 251 g/mol. The first-order chi connectivity index (χ1) is 8.86. The third-order valence-corrected chi connectivity index (χ3v) is 4.25. The number of nitrogens with zero attached hydrogens (tertiary/aromatic N) is 1. The van der Waals surface area contributed by atoms with Crippen molar-refractivity contribution in [3.63, 3.8) is 0 Å². The van der Waals surface area contributed by atoms with Crippen LogP contribution in [0.25, 0.3) is 16.8 Å². The van der Waals surface area contributed by atoms with E-state index < -0.39 is 0 Å². The molecule has 0 aliphatic carbocycles. The van der Waals surface area contributed by atoms with E-state index in [1.54, 1.807) is 0 Å². The topological polar surface area (TPSA) is 22.0 Å². The largest absolute Gasteiger partial charge is 0.311 e. The molecule has 86 valence electrons. The van der Waals surface area contributed by atoms with Gasteiger partial charge in [-0.05, 0) is 17.7 Å². The number of hydrogen-bond acceptors (Lipinski definition) is 2. The molecule has 0 spiro atoms. The van der Waals surface area contributed by atoms with Crippen LogP contribution < -0.4 is 0 Å². The maximum atomic E-state index is 12.2. The van der Waals surface area contributed by atoms with Crippen LogP contribution in [0.1, 0.15) is 15.4 Å². The zero-order valence-electron chi connectivity index (χ0n) is 9.46. The minimum Gasteiger partial charge on any atom is -0.311 e. The summed E-state index contributed by atoms with van der Waals surface area (Å²) in [5.74, 6) is 0.141. The summed E-state index contributed by atoms with van der Waals surface area (Å²) in [5.41, 5.74) is 4.11. The molecule has 18 heavy (non-hydrogen) atoms. The van der Waals surface area contributed by atoms with E-state index in [1.165, 1.54) is 11.3 Å². The van der Waals surface area contributed by atoms with Crippen LogP contribution in [0.5, 0.6) is 0 Å². The Kier molecular flexibility index (Phi) is 1.88. The summed E-state index contributed by atoms with van der Waals surface area (Å²) < 4.78 is 2.00. The van der Waals surface area contributed by atoms with Crippen LogP contribution in [-0.2, 0) is 0 Å². The number of carbonyl (C=O) groups is 1. The molecule has 4 rings (SSSR count). The van der Waals surface area contributed by atoms with Gasteiger partial charge in [0, 0.05) is 17.1 Å². The minimum absolute atomic E-state index is 0.141. The first kappa shape index (κ1) is 9.85. The molecule has 2 aromatic heterocycles. The number of fused-ring (bicyclic) bond motifs is 3. The van der Waals surface area contributed by atoms with Crippen molar-refractivity contribution in [3.8, 4) is 16.8 Å². The highest BCUT2D eigenvalue weighted by Crippen LogP contribution is 2.40. The lowest BCUT2D eigenvalue weighted by atomic mass is 10.1. The summed E-state index contributed by atoms with van der Waals surface area (Å²) >= 11 is 1.53. The predicted octanol–water partition coefficient (Wildman–Crippen LogP) is 3.75. The molecule has 1 aliphatic heterocycles. The van der Waals surface area contributed by atoms with Crippen molar-refractivity contribution in [1.82, 2.24) is 4.57 Å². The lowest BCUT2D eigenvalue weighted by molar-refractivity contribution is 0.104.